The molecule has 0 aliphatic rings. The Morgan fingerprint density at radius 3 is 1.20 bits per heavy atom. The average molecular weight is 1150 g/mol. The molecule has 81 heavy (non-hydrogen) atoms. The molecule has 0 aromatic carbocycles. The van der Waals surface area contributed by atoms with Gasteiger partial charge in [-0.25, -0.2) is 0 Å². The molecule has 0 rings (SSSR count). The molecule has 3 atom stereocenters. The van der Waals surface area contributed by atoms with Crippen LogP contribution in [0.15, 0.2) is 85.1 Å². The number of likely N-dealkylation sites (N-methyl/N-ethyl adjacent to an activating group) is 1. The van der Waals surface area contributed by atoms with Crippen molar-refractivity contribution < 1.29 is 37.3 Å². The fourth-order valence-corrected chi connectivity index (χ4v) is 10.4. The van der Waals surface area contributed by atoms with Gasteiger partial charge in [0, 0.05) is 12.8 Å². The van der Waals surface area contributed by atoms with Crippen molar-refractivity contribution in [3.63, 3.8) is 0 Å². The predicted octanol–water partition coefficient (Wildman–Crippen LogP) is 20.7. The van der Waals surface area contributed by atoms with Crippen molar-refractivity contribution in [3.05, 3.63) is 85.1 Å². The third-order valence-electron chi connectivity index (χ3n) is 14.8. The van der Waals surface area contributed by atoms with Gasteiger partial charge in [0.1, 0.15) is 19.3 Å². The maximum atomic E-state index is 13.6. The first-order valence-electron chi connectivity index (χ1n) is 33.9. The molecule has 1 amide bonds. The number of amides is 1. The van der Waals surface area contributed by atoms with Gasteiger partial charge in [-0.2, -0.15) is 0 Å². The van der Waals surface area contributed by atoms with Gasteiger partial charge in [0.05, 0.1) is 33.8 Å². The monoisotopic (exact) mass is 1150 g/mol. The molecule has 470 valence electrons. The fourth-order valence-electron chi connectivity index (χ4n) is 9.64. The van der Waals surface area contributed by atoms with E-state index in [9.17, 15) is 19.0 Å². The van der Waals surface area contributed by atoms with Crippen LogP contribution in [-0.4, -0.2) is 69.4 Å². The standard InChI is InChI=1S/C71H129N2O7P/c1-7-10-13-16-19-22-25-28-30-32-34-36-38-40-42-45-48-51-54-57-60-63-70(74)72-68(67-79-81(76,77)78-66-65-73(4,5)6)69(62-59-56-53-50-47-44-27-24-21-18-15-12-9-3)80-71(75)64-61-58-55-52-49-46-43-41-39-37-35-33-31-29-26-23-20-17-14-11-8-2/h11,14,20,23,29,31,35,37,41,43,49,52,59,62,68-69H,7-10,12-13,15-19,21-22,24-28,30,32-34,36,38-40,42,44-48,50-51,53-58,60-61,63-67H2,1-6H3,(H-,72,74,76,77)/b14-11-,23-20-,31-29-,37-35-,43-41-,52-49-,62-59+. The van der Waals surface area contributed by atoms with E-state index in [-0.39, 0.29) is 24.9 Å². The first-order chi connectivity index (χ1) is 39.4. The molecule has 0 aromatic heterocycles. The normalized spacial score (nSPS) is 14.1. The summed E-state index contributed by atoms with van der Waals surface area (Å²) in [5.74, 6) is -0.584. The first kappa shape index (κ1) is 78.2. The van der Waals surface area contributed by atoms with Crippen molar-refractivity contribution in [2.75, 3.05) is 40.9 Å². The van der Waals surface area contributed by atoms with Gasteiger partial charge in [-0.15, -0.1) is 0 Å². The number of phosphoric acid groups is 1. The molecule has 0 spiro atoms. The summed E-state index contributed by atoms with van der Waals surface area (Å²) >= 11 is 0. The minimum Gasteiger partial charge on any atom is -0.756 e. The van der Waals surface area contributed by atoms with E-state index in [2.05, 4.69) is 99.0 Å². The van der Waals surface area contributed by atoms with Crippen LogP contribution in [0.1, 0.15) is 303 Å². The molecule has 3 unspecified atom stereocenters. The Bertz CT molecular complexity index is 1660. The SMILES string of the molecule is CC/C=C\C/C=C\C/C=C\C/C=C\C/C=C\C/C=C\CCCCC(=O)OC(/C=C/CCCCCCCCCCCCC)C(COP(=O)([O-])OCC[N+](C)(C)C)NC(=O)CCCCCCCCCCCCCCCCCCCCCCC. The molecular formula is C71H129N2O7P. The summed E-state index contributed by atoms with van der Waals surface area (Å²) in [6.07, 6.45) is 79.9. The number of esters is 1. The number of nitrogens with zero attached hydrogens (tertiary/aromatic N) is 1. The van der Waals surface area contributed by atoms with Gasteiger partial charge in [0.2, 0.25) is 5.91 Å². The molecule has 0 aromatic rings. The number of hydrogen-bond acceptors (Lipinski definition) is 7. The summed E-state index contributed by atoms with van der Waals surface area (Å²) in [6.45, 7) is 6.73. The quantitative estimate of drug-likeness (QED) is 0.0212. The molecule has 0 fully saturated rings. The van der Waals surface area contributed by atoms with Crippen LogP contribution >= 0.6 is 7.82 Å². The maximum absolute atomic E-state index is 13.6. The van der Waals surface area contributed by atoms with E-state index in [4.69, 9.17) is 13.8 Å². The van der Waals surface area contributed by atoms with E-state index in [1.807, 2.05) is 33.3 Å². The number of unbranched alkanes of at least 4 members (excludes halogenated alkanes) is 33. The number of quaternary nitrogens is 1. The van der Waals surface area contributed by atoms with Crippen molar-refractivity contribution in [2.24, 2.45) is 0 Å². The Morgan fingerprint density at radius 2 is 0.790 bits per heavy atom. The second kappa shape index (κ2) is 60.3. The molecule has 0 saturated carbocycles. The van der Waals surface area contributed by atoms with Crippen molar-refractivity contribution >= 4 is 19.7 Å². The molecule has 0 radical (unpaired) electrons. The van der Waals surface area contributed by atoms with E-state index in [0.29, 0.717) is 23.9 Å². The highest BCUT2D eigenvalue weighted by Gasteiger charge is 2.27. The van der Waals surface area contributed by atoms with Crippen LogP contribution < -0.4 is 10.2 Å². The lowest BCUT2D eigenvalue weighted by Crippen LogP contribution is -2.47. The second-order valence-corrected chi connectivity index (χ2v) is 25.4. The number of ether oxygens (including phenoxy) is 1. The van der Waals surface area contributed by atoms with E-state index in [1.165, 1.54) is 173 Å². The minimum absolute atomic E-state index is 0.0311. The molecule has 10 heteroatoms. The van der Waals surface area contributed by atoms with Crippen molar-refractivity contribution in [2.45, 2.75) is 315 Å². The molecule has 1 N–H and O–H groups in total. The van der Waals surface area contributed by atoms with Crippen LogP contribution in [0, 0.1) is 0 Å². The Morgan fingerprint density at radius 1 is 0.444 bits per heavy atom. The summed E-state index contributed by atoms with van der Waals surface area (Å²) < 4.78 is 30.4. The van der Waals surface area contributed by atoms with Gasteiger partial charge < -0.3 is 28.5 Å². The molecule has 0 bridgehead atoms. The molecule has 0 aliphatic heterocycles. The molecular weight excluding hydrogens is 1020 g/mol. The third kappa shape index (κ3) is 61.6. The lowest BCUT2D eigenvalue weighted by Gasteiger charge is -2.30. The summed E-state index contributed by atoms with van der Waals surface area (Å²) in [4.78, 5) is 40.1. The highest BCUT2D eigenvalue weighted by molar-refractivity contribution is 7.45. The lowest BCUT2D eigenvalue weighted by molar-refractivity contribution is -0.870. The fraction of sp³-hybridized carbons (Fsp3) is 0.775. The minimum atomic E-state index is -4.72. The number of allylic oxidation sites excluding steroid dienone is 13. The number of rotatable bonds is 61. The van der Waals surface area contributed by atoms with Gasteiger partial charge in [0.15, 0.2) is 0 Å². The van der Waals surface area contributed by atoms with E-state index >= 15 is 0 Å². The molecule has 0 heterocycles. The van der Waals surface area contributed by atoms with Crippen molar-refractivity contribution in [3.8, 4) is 0 Å². The van der Waals surface area contributed by atoms with Crippen LogP contribution in [0.2, 0.25) is 0 Å². The van der Waals surface area contributed by atoms with Gasteiger partial charge in [-0.3, -0.25) is 14.2 Å². The Labute approximate surface area is 501 Å². The lowest BCUT2D eigenvalue weighted by atomic mass is 10.0. The van der Waals surface area contributed by atoms with E-state index in [1.54, 1.807) is 0 Å². The van der Waals surface area contributed by atoms with Gasteiger partial charge in [-0.1, -0.05) is 292 Å². The van der Waals surface area contributed by atoms with Crippen LogP contribution in [0.4, 0.5) is 0 Å². The Kier molecular flexibility index (Phi) is 58.2. The van der Waals surface area contributed by atoms with Gasteiger partial charge in [0.25, 0.3) is 7.82 Å². The Hall–Kier alpha value is -2.81. The summed E-state index contributed by atoms with van der Waals surface area (Å²) in [5.41, 5.74) is 0. The predicted molar refractivity (Wildman–Crippen MR) is 348 cm³/mol. The topological polar surface area (TPSA) is 114 Å². The average Bonchev–Trinajstić information content (AvgIpc) is 3.44. The van der Waals surface area contributed by atoms with Crippen LogP contribution in [-0.2, 0) is 27.9 Å². The highest BCUT2D eigenvalue weighted by atomic mass is 31.2. The van der Waals surface area contributed by atoms with Crippen molar-refractivity contribution in [1.82, 2.24) is 5.32 Å². The summed E-state index contributed by atoms with van der Waals surface area (Å²) in [6, 6.07) is -0.909. The van der Waals surface area contributed by atoms with E-state index < -0.39 is 26.6 Å². The second-order valence-electron chi connectivity index (χ2n) is 24.0. The van der Waals surface area contributed by atoms with E-state index in [0.717, 1.165) is 89.9 Å². The van der Waals surface area contributed by atoms with Crippen molar-refractivity contribution in [1.29, 1.82) is 0 Å². The van der Waals surface area contributed by atoms with Gasteiger partial charge >= 0.3 is 5.97 Å². The number of hydrogen-bond donors (Lipinski definition) is 1. The zero-order chi connectivity index (χ0) is 59.3. The first-order valence-corrected chi connectivity index (χ1v) is 35.4. The highest BCUT2D eigenvalue weighted by Crippen LogP contribution is 2.38. The van der Waals surface area contributed by atoms with Crippen LogP contribution in [0.25, 0.3) is 0 Å². The largest absolute Gasteiger partial charge is 0.756 e. The number of phosphoric ester groups is 1. The molecule has 9 nitrogen and oxygen atoms in total. The Balaban J connectivity index is 5.25. The van der Waals surface area contributed by atoms with Gasteiger partial charge in [-0.05, 0) is 83.1 Å². The molecule has 0 saturated heterocycles. The van der Waals surface area contributed by atoms with Crippen LogP contribution in [0.3, 0.4) is 0 Å². The zero-order valence-electron chi connectivity index (χ0n) is 53.7. The summed E-state index contributed by atoms with van der Waals surface area (Å²) in [5, 5.41) is 3.03. The smallest absolute Gasteiger partial charge is 0.306 e. The third-order valence-corrected chi connectivity index (χ3v) is 15.8. The maximum Gasteiger partial charge on any atom is 0.306 e. The number of carbonyl (C=O) groups excluding carboxylic acids is 2. The molecule has 0 aliphatic carbocycles. The van der Waals surface area contributed by atoms with Crippen LogP contribution in [0.5, 0.6) is 0 Å². The number of nitrogens with one attached hydrogen (secondary N) is 1. The number of carbonyl (C=O) groups is 2. The zero-order valence-corrected chi connectivity index (χ0v) is 54.6. The summed E-state index contributed by atoms with van der Waals surface area (Å²) in [7, 11) is 1.16.